The number of quaternary nitrogens is 1. The van der Waals surface area contributed by atoms with Crippen LogP contribution in [0.3, 0.4) is 0 Å². The zero-order chi connectivity index (χ0) is 20.7. The average molecular weight is 393 g/mol. The SMILES string of the molecule is CCCC[N+](CC)(CCC)CCOC(=O)c1c2ccccc2cc2ccccc12. The van der Waals surface area contributed by atoms with Crippen molar-refractivity contribution in [2.75, 3.05) is 32.8 Å². The Kier molecular flexibility index (Phi) is 7.27. The van der Waals surface area contributed by atoms with Crippen LogP contribution in [0.15, 0.2) is 54.6 Å². The number of esters is 1. The average Bonchev–Trinajstić information content (AvgIpc) is 2.75. The van der Waals surface area contributed by atoms with E-state index in [9.17, 15) is 4.79 Å². The van der Waals surface area contributed by atoms with Crippen molar-refractivity contribution < 1.29 is 14.0 Å². The van der Waals surface area contributed by atoms with Gasteiger partial charge in [0.2, 0.25) is 0 Å². The van der Waals surface area contributed by atoms with Gasteiger partial charge in [0.25, 0.3) is 0 Å². The molecule has 154 valence electrons. The molecule has 3 aromatic rings. The maximum atomic E-state index is 13.2. The third-order valence-corrected chi connectivity index (χ3v) is 6.13. The molecule has 3 heteroatoms. The number of hydrogen-bond donors (Lipinski definition) is 0. The molecule has 29 heavy (non-hydrogen) atoms. The smallest absolute Gasteiger partial charge is 0.339 e. The van der Waals surface area contributed by atoms with Crippen LogP contribution >= 0.6 is 0 Å². The third kappa shape index (κ3) is 4.79. The Balaban J connectivity index is 1.84. The summed E-state index contributed by atoms with van der Waals surface area (Å²) in [6.45, 7) is 11.5. The van der Waals surface area contributed by atoms with Crippen molar-refractivity contribution in [3.05, 3.63) is 60.2 Å². The van der Waals surface area contributed by atoms with E-state index in [0.29, 0.717) is 12.2 Å². The minimum Gasteiger partial charge on any atom is -0.456 e. The minimum atomic E-state index is -0.209. The fraction of sp³-hybridized carbons (Fsp3) is 0.423. The molecule has 1 atom stereocenters. The lowest BCUT2D eigenvalue weighted by atomic mass is 9.97. The van der Waals surface area contributed by atoms with Crippen LogP contribution in [-0.4, -0.2) is 43.2 Å². The van der Waals surface area contributed by atoms with Gasteiger partial charge in [0.15, 0.2) is 0 Å². The molecule has 3 rings (SSSR count). The van der Waals surface area contributed by atoms with E-state index in [0.717, 1.165) is 58.6 Å². The van der Waals surface area contributed by atoms with E-state index in [4.69, 9.17) is 4.74 Å². The summed E-state index contributed by atoms with van der Waals surface area (Å²) < 4.78 is 6.91. The van der Waals surface area contributed by atoms with E-state index >= 15 is 0 Å². The lowest BCUT2D eigenvalue weighted by molar-refractivity contribution is -0.926. The van der Waals surface area contributed by atoms with E-state index in [1.807, 2.05) is 36.4 Å². The lowest BCUT2D eigenvalue weighted by Gasteiger charge is -2.37. The van der Waals surface area contributed by atoms with Crippen LogP contribution < -0.4 is 0 Å². The molecule has 0 aromatic heterocycles. The molecule has 0 spiro atoms. The molecule has 3 nitrogen and oxygen atoms in total. The highest BCUT2D eigenvalue weighted by Crippen LogP contribution is 2.29. The molecule has 0 aliphatic rings. The Bertz CT molecular complexity index is 911. The van der Waals surface area contributed by atoms with Gasteiger partial charge in [-0.2, -0.15) is 0 Å². The summed E-state index contributed by atoms with van der Waals surface area (Å²) in [5.41, 5.74) is 0.692. The zero-order valence-corrected chi connectivity index (χ0v) is 18.1. The van der Waals surface area contributed by atoms with Crippen LogP contribution in [0.2, 0.25) is 0 Å². The first-order valence-electron chi connectivity index (χ1n) is 11.1. The van der Waals surface area contributed by atoms with Gasteiger partial charge in [-0.1, -0.05) is 68.8 Å². The highest BCUT2D eigenvalue weighted by atomic mass is 16.5. The number of fused-ring (bicyclic) bond motifs is 2. The Morgan fingerprint density at radius 3 is 2.00 bits per heavy atom. The van der Waals surface area contributed by atoms with Crippen molar-refractivity contribution in [1.82, 2.24) is 0 Å². The van der Waals surface area contributed by atoms with Gasteiger partial charge in [-0.3, -0.25) is 0 Å². The van der Waals surface area contributed by atoms with Crippen LogP contribution in [0.1, 0.15) is 50.4 Å². The number of ether oxygens (including phenoxy) is 1. The summed E-state index contributed by atoms with van der Waals surface area (Å²) in [5, 5.41) is 4.08. The summed E-state index contributed by atoms with van der Waals surface area (Å²) >= 11 is 0. The third-order valence-electron chi connectivity index (χ3n) is 6.13. The molecule has 0 bridgehead atoms. The summed E-state index contributed by atoms with van der Waals surface area (Å²) in [6.07, 6.45) is 3.57. The van der Waals surface area contributed by atoms with Gasteiger partial charge in [-0.15, -0.1) is 0 Å². The van der Waals surface area contributed by atoms with Crippen LogP contribution in [0.25, 0.3) is 21.5 Å². The number of carbonyl (C=O) groups is 1. The second-order valence-electron chi connectivity index (χ2n) is 8.01. The number of rotatable bonds is 10. The van der Waals surface area contributed by atoms with Gasteiger partial charge in [0.05, 0.1) is 25.2 Å². The zero-order valence-electron chi connectivity index (χ0n) is 18.1. The standard InChI is InChI=1S/C26H34NO2/c1-4-7-17-27(6-3,16-5-2)18-19-29-26(28)25-23-14-10-8-12-21(23)20-22-13-9-11-15-24(22)25/h8-15,20H,4-7,16-19H2,1-3H3/q+1. The number of benzene rings is 3. The largest absolute Gasteiger partial charge is 0.456 e. The molecule has 0 fully saturated rings. The Hall–Kier alpha value is -2.39. The number of hydrogen-bond acceptors (Lipinski definition) is 2. The maximum absolute atomic E-state index is 13.2. The van der Waals surface area contributed by atoms with Crippen LogP contribution in [0.5, 0.6) is 0 Å². The van der Waals surface area contributed by atoms with Crippen LogP contribution in [0.4, 0.5) is 0 Å². The first kappa shape index (κ1) is 21.3. The number of nitrogens with zero attached hydrogens (tertiary/aromatic N) is 1. The van der Waals surface area contributed by atoms with Crippen molar-refractivity contribution in [1.29, 1.82) is 0 Å². The minimum absolute atomic E-state index is 0.209. The second kappa shape index (κ2) is 9.89. The number of carbonyl (C=O) groups excluding carboxylic acids is 1. The molecule has 1 unspecified atom stereocenters. The van der Waals surface area contributed by atoms with E-state index in [2.05, 4.69) is 39.0 Å². The summed E-state index contributed by atoms with van der Waals surface area (Å²) in [7, 11) is 0. The quantitative estimate of drug-likeness (QED) is 0.233. The first-order valence-corrected chi connectivity index (χ1v) is 11.1. The molecule has 3 aromatic carbocycles. The molecule has 0 aliphatic carbocycles. The lowest BCUT2D eigenvalue weighted by Crippen LogP contribution is -2.51. The molecular weight excluding hydrogens is 358 g/mol. The molecular formula is C26H34NO2+. The van der Waals surface area contributed by atoms with Crippen molar-refractivity contribution in [2.45, 2.75) is 40.0 Å². The molecule has 0 heterocycles. The molecule has 0 N–H and O–H groups in total. The Morgan fingerprint density at radius 2 is 1.45 bits per heavy atom. The second-order valence-corrected chi connectivity index (χ2v) is 8.01. The van der Waals surface area contributed by atoms with Gasteiger partial charge in [0.1, 0.15) is 13.2 Å². The number of likely N-dealkylation sites (N-methyl/N-ethyl adjacent to an activating group) is 1. The Labute approximate surface area is 174 Å². The Morgan fingerprint density at radius 1 is 0.828 bits per heavy atom. The van der Waals surface area contributed by atoms with Crippen molar-refractivity contribution >= 4 is 27.5 Å². The fourth-order valence-electron chi connectivity index (χ4n) is 4.42. The fourth-order valence-corrected chi connectivity index (χ4v) is 4.42. The van der Waals surface area contributed by atoms with E-state index < -0.39 is 0 Å². The molecule has 0 amide bonds. The van der Waals surface area contributed by atoms with Gasteiger partial charge >= 0.3 is 5.97 Å². The van der Waals surface area contributed by atoms with Crippen molar-refractivity contribution in [3.8, 4) is 0 Å². The number of unbranched alkanes of at least 4 members (excludes halogenated alkanes) is 1. The van der Waals surface area contributed by atoms with Gasteiger partial charge in [0, 0.05) is 0 Å². The highest BCUT2D eigenvalue weighted by Gasteiger charge is 2.25. The van der Waals surface area contributed by atoms with Gasteiger partial charge in [-0.25, -0.2) is 4.79 Å². The monoisotopic (exact) mass is 392 g/mol. The van der Waals surface area contributed by atoms with Crippen molar-refractivity contribution in [2.24, 2.45) is 0 Å². The highest BCUT2D eigenvalue weighted by molar-refractivity contribution is 6.16. The summed E-state index contributed by atoms with van der Waals surface area (Å²) in [6, 6.07) is 18.3. The van der Waals surface area contributed by atoms with E-state index in [1.54, 1.807) is 0 Å². The maximum Gasteiger partial charge on any atom is 0.339 e. The summed E-state index contributed by atoms with van der Waals surface area (Å²) in [5.74, 6) is -0.209. The molecule has 0 saturated carbocycles. The molecule has 0 radical (unpaired) electrons. The first-order chi connectivity index (χ1) is 14.1. The predicted octanol–water partition coefficient (Wildman–Crippen LogP) is 6.20. The van der Waals surface area contributed by atoms with E-state index in [-0.39, 0.29) is 5.97 Å². The van der Waals surface area contributed by atoms with Crippen LogP contribution in [-0.2, 0) is 4.74 Å². The van der Waals surface area contributed by atoms with Gasteiger partial charge in [-0.05, 0) is 47.4 Å². The van der Waals surface area contributed by atoms with Gasteiger partial charge < -0.3 is 9.22 Å². The van der Waals surface area contributed by atoms with Crippen LogP contribution in [0, 0.1) is 0 Å². The van der Waals surface area contributed by atoms with Crippen molar-refractivity contribution in [3.63, 3.8) is 0 Å². The normalized spacial score (nSPS) is 13.5. The topological polar surface area (TPSA) is 26.3 Å². The summed E-state index contributed by atoms with van der Waals surface area (Å²) in [4.78, 5) is 13.2. The molecule has 0 aliphatic heterocycles. The molecule has 0 saturated heterocycles. The van der Waals surface area contributed by atoms with E-state index in [1.165, 1.54) is 12.8 Å². The predicted molar refractivity (Wildman–Crippen MR) is 122 cm³/mol.